The first-order valence-electron chi connectivity index (χ1n) is 6.72. The summed E-state index contributed by atoms with van der Waals surface area (Å²) in [6.45, 7) is 9.70. The van der Waals surface area contributed by atoms with Crippen molar-refractivity contribution in [3.8, 4) is 0 Å². The number of nitro benzene ring substituents is 1. The lowest BCUT2D eigenvalue weighted by Crippen LogP contribution is -2.41. The van der Waals surface area contributed by atoms with Crippen LogP contribution in [0.25, 0.3) is 0 Å². The van der Waals surface area contributed by atoms with E-state index in [0.29, 0.717) is 11.9 Å². The number of hydrogen-bond donors (Lipinski definition) is 0. The molecule has 1 aromatic carbocycles. The molecule has 0 aromatic heterocycles. The Morgan fingerprint density at radius 3 is 2.25 bits per heavy atom. The van der Waals surface area contributed by atoms with Gasteiger partial charge >= 0.3 is 7.12 Å². The molecule has 0 unspecified atom stereocenters. The van der Waals surface area contributed by atoms with Crippen LogP contribution in [-0.2, 0) is 15.6 Å². The van der Waals surface area contributed by atoms with Crippen LogP contribution in [0.15, 0.2) is 18.2 Å². The molecule has 1 aromatic rings. The van der Waals surface area contributed by atoms with E-state index in [1.165, 1.54) is 0 Å². The number of nitrogens with zero attached hydrogens (tertiary/aromatic N) is 1. The highest BCUT2D eigenvalue weighted by atomic mass is 16.7. The van der Waals surface area contributed by atoms with Crippen LogP contribution in [-0.4, -0.2) is 23.2 Å². The Morgan fingerprint density at radius 2 is 1.75 bits per heavy atom. The molecule has 0 spiro atoms. The van der Waals surface area contributed by atoms with Crippen molar-refractivity contribution in [2.45, 2.75) is 52.1 Å². The Balaban J connectivity index is 2.16. The van der Waals surface area contributed by atoms with Gasteiger partial charge in [0.15, 0.2) is 0 Å². The maximum absolute atomic E-state index is 11.0. The summed E-state index contributed by atoms with van der Waals surface area (Å²) >= 11 is 0. The summed E-state index contributed by atoms with van der Waals surface area (Å²) in [5.74, 6) is 0. The second kappa shape index (κ2) is 4.86. The lowest BCUT2D eigenvalue weighted by atomic mass is 9.80. The van der Waals surface area contributed by atoms with Gasteiger partial charge in [-0.25, -0.2) is 0 Å². The van der Waals surface area contributed by atoms with Crippen LogP contribution in [0.5, 0.6) is 0 Å². The average Bonchev–Trinajstić information content (AvgIpc) is 2.49. The van der Waals surface area contributed by atoms with E-state index in [2.05, 4.69) is 0 Å². The van der Waals surface area contributed by atoms with Crippen molar-refractivity contribution in [3.05, 3.63) is 39.4 Å². The van der Waals surface area contributed by atoms with Crippen LogP contribution in [0, 0.1) is 17.0 Å². The van der Waals surface area contributed by atoms with Gasteiger partial charge in [0.2, 0.25) is 0 Å². The molecule has 0 N–H and O–H groups in total. The first-order chi connectivity index (χ1) is 9.12. The van der Waals surface area contributed by atoms with E-state index in [-0.39, 0.29) is 28.9 Å². The van der Waals surface area contributed by atoms with Crippen LogP contribution in [0.4, 0.5) is 5.69 Å². The fourth-order valence-electron chi connectivity index (χ4n) is 2.22. The molecule has 5 nitrogen and oxygen atoms in total. The summed E-state index contributed by atoms with van der Waals surface area (Å²) < 4.78 is 11.8. The molecule has 1 fully saturated rings. The summed E-state index contributed by atoms with van der Waals surface area (Å²) in [5.41, 5.74) is 0.885. The van der Waals surface area contributed by atoms with Crippen molar-refractivity contribution < 1.29 is 14.2 Å². The first kappa shape index (κ1) is 15.0. The van der Waals surface area contributed by atoms with Crippen molar-refractivity contribution in [1.82, 2.24) is 0 Å². The number of nitro groups is 1. The Kier molecular flexibility index (Phi) is 3.65. The molecule has 108 valence electrons. The number of hydrogen-bond acceptors (Lipinski definition) is 4. The van der Waals surface area contributed by atoms with Gasteiger partial charge in [0.05, 0.1) is 16.1 Å². The van der Waals surface area contributed by atoms with Gasteiger partial charge in [-0.2, -0.15) is 0 Å². The second-order valence-electron chi connectivity index (χ2n) is 6.27. The Labute approximate surface area is 119 Å². The van der Waals surface area contributed by atoms with E-state index < -0.39 is 0 Å². The highest BCUT2D eigenvalue weighted by molar-refractivity contribution is 6.45. The van der Waals surface area contributed by atoms with Crippen molar-refractivity contribution in [2.75, 3.05) is 0 Å². The van der Waals surface area contributed by atoms with Crippen molar-refractivity contribution in [2.24, 2.45) is 0 Å². The maximum Gasteiger partial charge on any atom is 0.462 e. The molecule has 0 saturated carbocycles. The minimum atomic E-state index is -0.381. The number of aryl methyl sites for hydroxylation is 1. The second-order valence-corrected chi connectivity index (χ2v) is 6.27. The van der Waals surface area contributed by atoms with E-state index in [9.17, 15) is 10.1 Å². The zero-order valence-electron chi connectivity index (χ0n) is 12.6. The van der Waals surface area contributed by atoms with Crippen LogP contribution in [0.3, 0.4) is 0 Å². The summed E-state index contributed by atoms with van der Waals surface area (Å²) in [5, 5.41) is 11.0. The highest BCUT2D eigenvalue weighted by Gasteiger charge is 2.50. The fourth-order valence-corrected chi connectivity index (χ4v) is 2.22. The monoisotopic (exact) mass is 277 g/mol. The molecule has 1 aliphatic heterocycles. The highest BCUT2D eigenvalue weighted by Crippen LogP contribution is 2.37. The quantitative estimate of drug-likeness (QED) is 0.484. The lowest BCUT2D eigenvalue weighted by molar-refractivity contribution is -0.385. The molecule has 2 rings (SSSR count). The van der Waals surface area contributed by atoms with E-state index in [4.69, 9.17) is 9.31 Å². The third-order valence-electron chi connectivity index (χ3n) is 4.17. The van der Waals surface area contributed by atoms with E-state index in [1.807, 2.05) is 33.8 Å². The zero-order valence-corrected chi connectivity index (χ0v) is 12.6. The van der Waals surface area contributed by atoms with Crippen LogP contribution < -0.4 is 0 Å². The van der Waals surface area contributed by atoms with Crippen LogP contribution >= 0.6 is 0 Å². The molecule has 0 atom stereocenters. The van der Waals surface area contributed by atoms with Gasteiger partial charge in [0, 0.05) is 17.9 Å². The number of benzene rings is 1. The first-order valence-corrected chi connectivity index (χ1v) is 6.72. The standard InChI is InChI=1S/C14H20BNO4/c1-10-6-7-11(8-12(10)16(17)18)9-15-19-13(2,3)14(4,5)20-15/h6-8H,9H2,1-5H3. The minimum Gasteiger partial charge on any atom is -0.403 e. The summed E-state index contributed by atoms with van der Waals surface area (Å²) in [6.07, 6.45) is 0.508. The van der Waals surface area contributed by atoms with Gasteiger partial charge in [-0.15, -0.1) is 0 Å². The maximum atomic E-state index is 11.0. The Hall–Kier alpha value is -1.40. The van der Waals surface area contributed by atoms with Gasteiger partial charge in [-0.3, -0.25) is 10.1 Å². The molecule has 1 heterocycles. The Morgan fingerprint density at radius 1 is 1.20 bits per heavy atom. The van der Waals surface area contributed by atoms with Crippen molar-refractivity contribution in [3.63, 3.8) is 0 Å². The van der Waals surface area contributed by atoms with Crippen LogP contribution in [0.1, 0.15) is 38.8 Å². The summed E-state index contributed by atoms with van der Waals surface area (Å²) in [6, 6.07) is 5.24. The molecule has 20 heavy (non-hydrogen) atoms. The Bertz CT molecular complexity index is 526. The molecule has 6 heteroatoms. The van der Waals surface area contributed by atoms with Crippen molar-refractivity contribution >= 4 is 12.8 Å². The topological polar surface area (TPSA) is 61.6 Å². The molecule has 0 amide bonds. The normalized spacial score (nSPS) is 20.1. The van der Waals surface area contributed by atoms with Gasteiger partial charge < -0.3 is 9.31 Å². The number of rotatable bonds is 3. The zero-order chi connectivity index (χ0) is 15.1. The van der Waals surface area contributed by atoms with Crippen LogP contribution in [0.2, 0.25) is 0 Å². The van der Waals surface area contributed by atoms with Gasteiger partial charge in [-0.1, -0.05) is 12.1 Å². The molecule has 0 bridgehead atoms. The molecule has 1 saturated heterocycles. The van der Waals surface area contributed by atoms with E-state index >= 15 is 0 Å². The third kappa shape index (κ3) is 2.71. The molecular formula is C14H20BNO4. The van der Waals surface area contributed by atoms with E-state index in [1.54, 1.807) is 19.1 Å². The van der Waals surface area contributed by atoms with Crippen molar-refractivity contribution in [1.29, 1.82) is 0 Å². The predicted molar refractivity (Wildman–Crippen MR) is 77.6 cm³/mol. The molecular weight excluding hydrogens is 257 g/mol. The predicted octanol–water partition coefficient (Wildman–Crippen LogP) is 3.08. The lowest BCUT2D eigenvalue weighted by Gasteiger charge is -2.32. The molecule has 0 radical (unpaired) electrons. The summed E-state index contributed by atoms with van der Waals surface area (Å²) in [7, 11) is -0.373. The van der Waals surface area contributed by atoms with E-state index in [0.717, 1.165) is 5.56 Å². The molecule has 0 aliphatic carbocycles. The fraction of sp³-hybridized carbons (Fsp3) is 0.571. The summed E-state index contributed by atoms with van der Waals surface area (Å²) in [4.78, 5) is 10.6. The molecule has 1 aliphatic rings. The van der Waals surface area contributed by atoms with Gasteiger partial charge in [-0.05, 0) is 40.2 Å². The van der Waals surface area contributed by atoms with Gasteiger partial charge in [0.25, 0.3) is 5.69 Å². The largest absolute Gasteiger partial charge is 0.462 e. The third-order valence-corrected chi connectivity index (χ3v) is 4.17. The average molecular weight is 277 g/mol. The SMILES string of the molecule is Cc1ccc(CB2OC(C)(C)C(C)(C)O2)cc1[N+](=O)[O-]. The van der Waals surface area contributed by atoms with Gasteiger partial charge in [0.1, 0.15) is 0 Å². The smallest absolute Gasteiger partial charge is 0.403 e. The minimum absolute atomic E-state index is 0.138.